The molecule has 22 heavy (non-hydrogen) atoms. The largest absolute Gasteiger partial charge is 0.496 e. The summed E-state index contributed by atoms with van der Waals surface area (Å²) in [7, 11) is 1.67. The van der Waals surface area contributed by atoms with Crippen LogP contribution < -0.4 is 15.4 Å². The molecule has 2 N–H and O–H groups in total. The van der Waals surface area contributed by atoms with Gasteiger partial charge in [0.2, 0.25) is 5.95 Å². The topological polar surface area (TPSA) is 72.0 Å². The molecule has 0 amide bonds. The quantitative estimate of drug-likeness (QED) is 0.854. The number of nitrogens with one attached hydrogen (secondary N) is 2. The maximum absolute atomic E-state index is 5.34. The lowest BCUT2D eigenvalue weighted by Crippen LogP contribution is -2.16. The van der Waals surface area contributed by atoms with Crippen LogP contribution in [0.3, 0.4) is 0 Å². The summed E-state index contributed by atoms with van der Waals surface area (Å²) in [6.07, 6.45) is 6.65. The van der Waals surface area contributed by atoms with Gasteiger partial charge in [0.05, 0.1) is 13.3 Å². The van der Waals surface area contributed by atoms with Gasteiger partial charge in [-0.1, -0.05) is 31.0 Å². The summed E-state index contributed by atoms with van der Waals surface area (Å²) < 4.78 is 5.34. The highest BCUT2D eigenvalue weighted by Crippen LogP contribution is 2.21. The maximum atomic E-state index is 5.34. The molecule has 3 rings (SSSR count). The molecule has 0 spiro atoms. The van der Waals surface area contributed by atoms with Gasteiger partial charge in [-0.3, -0.25) is 0 Å². The standard InChI is InChI=1S/C16H21N5O/c1-22-14-9-5-2-6-12(14)10-17-16-20-15(11-18-21-16)19-13-7-3-4-8-13/h2,5-6,9,11,13H,3-4,7-8,10H2,1H3,(H2,17,19,20,21). The van der Waals surface area contributed by atoms with Crippen molar-refractivity contribution in [3.63, 3.8) is 0 Å². The molecule has 0 unspecified atom stereocenters. The molecule has 1 saturated carbocycles. The lowest BCUT2D eigenvalue weighted by Gasteiger charge is -2.13. The Kier molecular flexibility index (Phi) is 4.68. The Labute approximate surface area is 130 Å². The molecule has 6 heteroatoms. The lowest BCUT2D eigenvalue weighted by molar-refractivity contribution is 0.410. The number of benzene rings is 1. The van der Waals surface area contributed by atoms with Crippen molar-refractivity contribution in [2.75, 3.05) is 17.7 Å². The number of hydrogen-bond donors (Lipinski definition) is 2. The molecule has 116 valence electrons. The summed E-state index contributed by atoms with van der Waals surface area (Å²) in [5, 5.41) is 14.7. The average Bonchev–Trinajstić information content (AvgIpc) is 3.06. The summed E-state index contributed by atoms with van der Waals surface area (Å²) in [5.74, 6) is 2.15. The predicted octanol–water partition coefficient (Wildman–Crippen LogP) is 2.85. The van der Waals surface area contributed by atoms with E-state index in [2.05, 4.69) is 25.8 Å². The van der Waals surface area contributed by atoms with Crippen molar-refractivity contribution in [1.29, 1.82) is 0 Å². The number of nitrogens with zero attached hydrogens (tertiary/aromatic N) is 3. The SMILES string of the molecule is COc1ccccc1CNc1nncc(NC2CCCC2)n1. The van der Waals surface area contributed by atoms with Gasteiger partial charge < -0.3 is 15.4 Å². The second kappa shape index (κ2) is 7.06. The predicted molar refractivity (Wildman–Crippen MR) is 86.0 cm³/mol. The zero-order valence-corrected chi connectivity index (χ0v) is 12.7. The van der Waals surface area contributed by atoms with Crippen molar-refractivity contribution >= 4 is 11.8 Å². The van der Waals surface area contributed by atoms with Gasteiger partial charge in [-0.2, -0.15) is 10.1 Å². The Morgan fingerprint density at radius 1 is 1.23 bits per heavy atom. The number of aromatic nitrogens is 3. The smallest absolute Gasteiger partial charge is 0.244 e. The van der Waals surface area contributed by atoms with E-state index in [0.29, 0.717) is 18.5 Å². The Bertz CT molecular complexity index is 613. The highest BCUT2D eigenvalue weighted by atomic mass is 16.5. The molecular weight excluding hydrogens is 278 g/mol. The van der Waals surface area contributed by atoms with Crippen molar-refractivity contribution in [2.24, 2.45) is 0 Å². The fraction of sp³-hybridized carbons (Fsp3) is 0.438. The Balaban J connectivity index is 1.62. The second-order valence-corrected chi connectivity index (χ2v) is 5.46. The molecule has 6 nitrogen and oxygen atoms in total. The summed E-state index contributed by atoms with van der Waals surface area (Å²) in [4.78, 5) is 4.47. The summed E-state index contributed by atoms with van der Waals surface area (Å²) in [6.45, 7) is 0.596. The Hall–Kier alpha value is -2.37. The van der Waals surface area contributed by atoms with Crippen LogP contribution in [0.5, 0.6) is 5.75 Å². The summed E-state index contributed by atoms with van der Waals surface area (Å²) in [6, 6.07) is 8.40. The van der Waals surface area contributed by atoms with E-state index < -0.39 is 0 Å². The highest BCUT2D eigenvalue weighted by molar-refractivity contribution is 5.40. The fourth-order valence-electron chi connectivity index (χ4n) is 2.75. The monoisotopic (exact) mass is 299 g/mol. The van der Waals surface area contributed by atoms with Crippen molar-refractivity contribution in [3.8, 4) is 5.75 Å². The molecule has 0 bridgehead atoms. The number of ether oxygens (including phenoxy) is 1. The third-order valence-corrected chi connectivity index (χ3v) is 3.90. The first-order valence-electron chi connectivity index (χ1n) is 7.67. The molecule has 0 atom stereocenters. The molecular formula is C16H21N5O. The van der Waals surface area contributed by atoms with E-state index in [4.69, 9.17) is 4.74 Å². The minimum absolute atomic E-state index is 0.513. The van der Waals surface area contributed by atoms with E-state index in [9.17, 15) is 0 Å². The van der Waals surface area contributed by atoms with Gasteiger partial charge in [0, 0.05) is 18.2 Å². The molecule has 0 radical (unpaired) electrons. The van der Waals surface area contributed by atoms with Crippen molar-refractivity contribution in [2.45, 2.75) is 38.3 Å². The van der Waals surface area contributed by atoms with Gasteiger partial charge in [0.15, 0.2) is 5.82 Å². The molecule has 0 saturated heterocycles. The maximum Gasteiger partial charge on any atom is 0.244 e. The van der Waals surface area contributed by atoms with Crippen molar-refractivity contribution in [1.82, 2.24) is 15.2 Å². The minimum atomic E-state index is 0.513. The highest BCUT2D eigenvalue weighted by Gasteiger charge is 2.15. The third-order valence-electron chi connectivity index (χ3n) is 3.90. The molecule has 1 aliphatic rings. The van der Waals surface area contributed by atoms with E-state index in [-0.39, 0.29) is 0 Å². The molecule has 1 fully saturated rings. The molecule has 1 aromatic heterocycles. The van der Waals surface area contributed by atoms with Gasteiger partial charge in [0.1, 0.15) is 5.75 Å². The first kappa shape index (κ1) is 14.6. The van der Waals surface area contributed by atoms with Gasteiger partial charge in [-0.15, -0.1) is 5.10 Å². The number of rotatable bonds is 6. The molecule has 1 aromatic carbocycles. The second-order valence-electron chi connectivity index (χ2n) is 5.46. The van der Waals surface area contributed by atoms with Crippen LogP contribution >= 0.6 is 0 Å². The fourth-order valence-corrected chi connectivity index (χ4v) is 2.75. The van der Waals surface area contributed by atoms with Gasteiger partial charge in [-0.25, -0.2) is 0 Å². The van der Waals surface area contributed by atoms with Crippen LogP contribution in [0.4, 0.5) is 11.8 Å². The van der Waals surface area contributed by atoms with Crippen LogP contribution in [0.25, 0.3) is 0 Å². The third kappa shape index (κ3) is 3.63. The van der Waals surface area contributed by atoms with E-state index >= 15 is 0 Å². The van der Waals surface area contributed by atoms with Gasteiger partial charge in [0.25, 0.3) is 0 Å². The minimum Gasteiger partial charge on any atom is -0.496 e. The lowest BCUT2D eigenvalue weighted by atomic mass is 10.2. The van der Waals surface area contributed by atoms with Crippen LogP contribution in [0, 0.1) is 0 Å². The van der Waals surface area contributed by atoms with Crippen LogP contribution in [0.15, 0.2) is 30.5 Å². The molecule has 2 aromatic rings. The Morgan fingerprint density at radius 2 is 2.05 bits per heavy atom. The normalized spacial score (nSPS) is 14.8. The number of anilines is 2. The Morgan fingerprint density at radius 3 is 2.86 bits per heavy atom. The molecule has 0 aliphatic heterocycles. The number of hydrogen-bond acceptors (Lipinski definition) is 6. The first-order chi connectivity index (χ1) is 10.8. The first-order valence-corrected chi connectivity index (χ1v) is 7.67. The number of para-hydroxylation sites is 1. The zero-order valence-electron chi connectivity index (χ0n) is 12.7. The molecule has 1 heterocycles. The van der Waals surface area contributed by atoms with E-state index in [1.165, 1.54) is 25.7 Å². The van der Waals surface area contributed by atoms with Crippen molar-refractivity contribution in [3.05, 3.63) is 36.0 Å². The van der Waals surface area contributed by atoms with Gasteiger partial charge >= 0.3 is 0 Å². The van der Waals surface area contributed by atoms with Crippen LogP contribution in [0.1, 0.15) is 31.2 Å². The van der Waals surface area contributed by atoms with Crippen LogP contribution in [-0.4, -0.2) is 28.3 Å². The molecule has 1 aliphatic carbocycles. The number of methoxy groups -OCH3 is 1. The summed E-state index contributed by atoms with van der Waals surface area (Å²) >= 11 is 0. The summed E-state index contributed by atoms with van der Waals surface area (Å²) in [5.41, 5.74) is 1.06. The van der Waals surface area contributed by atoms with Crippen molar-refractivity contribution < 1.29 is 4.74 Å². The average molecular weight is 299 g/mol. The van der Waals surface area contributed by atoms with Gasteiger partial charge in [-0.05, 0) is 18.9 Å². The van der Waals surface area contributed by atoms with Crippen LogP contribution in [-0.2, 0) is 6.54 Å². The van der Waals surface area contributed by atoms with Crippen LogP contribution in [0.2, 0.25) is 0 Å². The zero-order chi connectivity index (χ0) is 15.2. The van der Waals surface area contributed by atoms with E-state index in [1.54, 1.807) is 13.3 Å². The van der Waals surface area contributed by atoms with E-state index in [0.717, 1.165) is 17.1 Å². The van der Waals surface area contributed by atoms with E-state index in [1.807, 2.05) is 24.3 Å².